The van der Waals surface area contributed by atoms with Crippen LogP contribution in [0.5, 0.6) is 11.5 Å². The lowest BCUT2D eigenvalue weighted by atomic mass is 10.1. The van der Waals surface area contributed by atoms with Gasteiger partial charge >= 0.3 is 0 Å². The maximum Gasteiger partial charge on any atom is 0.138 e. The van der Waals surface area contributed by atoms with E-state index in [4.69, 9.17) is 32.7 Å². The predicted octanol–water partition coefficient (Wildman–Crippen LogP) is 6.50. The molecule has 0 saturated carbocycles. The van der Waals surface area contributed by atoms with Crippen LogP contribution in [0.25, 0.3) is 0 Å². The Bertz CT molecular complexity index is 871. The molecule has 0 spiro atoms. The highest BCUT2D eigenvalue weighted by Crippen LogP contribution is 2.27. The first-order valence-corrected chi connectivity index (χ1v) is 10.0. The Hall–Kier alpha value is -2.36. The summed E-state index contributed by atoms with van der Waals surface area (Å²) in [4.78, 5) is 0. The first-order chi connectivity index (χ1) is 13.7. The fraction of sp³-hybridized carbons (Fsp3) is 0.217. The molecule has 0 aliphatic heterocycles. The van der Waals surface area contributed by atoms with E-state index in [0.717, 1.165) is 24.3 Å². The topological polar surface area (TPSA) is 30.5 Å². The minimum absolute atomic E-state index is 0.490. The van der Waals surface area contributed by atoms with Gasteiger partial charge < -0.3 is 14.8 Å². The molecule has 3 aromatic rings. The monoisotopic (exact) mass is 415 g/mol. The normalized spacial score (nSPS) is 10.5. The van der Waals surface area contributed by atoms with E-state index in [-0.39, 0.29) is 0 Å². The lowest BCUT2D eigenvalue weighted by Gasteiger charge is -2.11. The number of anilines is 1. The third kappa shape index (κ3) is 6.66. The summed E-state index contributed by atoms with van der Waals surface area (Å²) in [5, 5.41) is 4.43. The van der Waals surface area contributed by atoms with Crippen molar-refractivity contribution >= 4 is 28.9 Å². The molecule has 0 amide bonds. The Morgan fingerprint density at radius 2 is 1.64 bits per heavy atom. The molecule has 0 aliphatic carbocycles. The van der Waals surface area contributed by atoms with Gasteiger partial charge in [0.25, 0.3) is 0 Å². The molecule has 3 rings (SSSR count). The van der Waals surface area contributed by atoms with E-state index in [1.807, 2.05) is 30.3 Å². The van der Waals surface area contributed by atoms with E-state index >= 15 is 0 Å². The smallest absolute Gasteiger partial charge is 0.138 e. The van der Waals surface area contributed by atoms with Gasteiger partial charge in [0.1, 0.15) is 18.1 Å². The third-order valence-corrected chi connectivity index (χ3v) is 4.67. The molecule has 3 nitrogen and oxygen atoms in total. The molecule has 5 heteroatoms. The second-order valence-corrected chi connectivity index (χ2v) is 7.16. The molecule has 0 fully saturated rings. The van der Waals surface area contributed by atoms with Gasteiger partial charge in [-0.25, -0.2) is 0 Å². The first-order valence-electron chi connectivity index (χ1n) is 9.29. The lowest BCUT2D eigenvalue weighted by Crippen LogP contribution is -2.11. The highest BCUT2D eigenvalue weighted by atomic mass is 35.5. The summed E-state index contributed by atoms with van der Waals surface area (Å²) in [5.74, 6) is 1.49. The van der Waals surface area contributed by atoms with E-state index in [0.29, 0.717) is 35.6 Å². The van der Waals surface area contributed by atoms with Gasteiger partial charge in [0.15, 0.2) is 0 Å². The van der Waals surface area contributed by atoms with Crippen molar-refractivity contribution in [1.29, 1.82) is 0 Å². The number of halogens is 2. The summed E-state index contributed by atoms with van der Waals surface area (Å²) in [6, 6.07) is 23.6. The average molecular weight is 416 g/mol. The molecule has 3 aromatic carbocycles. The molecule has 0 atom stereocenters. The summed E-state index contributed by atoms with van der Waals surface area (Å²) >= 11 is 12.0. The van der Waals surface area contributed by atoms with E-state index in [1.165, 1.54) is 5.56 Å². The molecule has 1 N–H and O–H groups in total. The van der Waals surface area contributed by atoms with Crippen molar-refractivity contribution in [3.63, 3.8) is 0 Å². The molecule has 0 bridgehead atoms. The summed E-state index contributed by atoms with van der Waals surface area (Å²) in [6.45, 7) is 1.83. The summed E-state index contributed by atoms with van der Waals surface area (Å²) in [5.41, 5.74) is 2.33. The Labute approximate surface area is 176 Å². The molecule has 0 heterocycles. The highest BCUT2D eigenvalue weighted by Gasteiger charge is 2.02. The van der Waals surface area contributed by atoms with Crippen molar-refractivity contribution in [3.05, 3.63) is 88.4 Å². The predicted molar refractivity (Wildman–Crippen MR) is 117 cm³/mol. The largest absolute Gasteiger partial charge is 0.494 e. The molecule has 28 heavy (non-hydrogen) atoms. The lowest BCUT2D eigenvalue weighted by molar-refractivity contribution is 0.311. The molecule has 0 unspecified atom stereocenters. The van der Waals surface area contributed by atoms with Crippen molar-refractivity contribution in [2.24, 2.45) is 0 Å². The number of hydrogen-bond donors (Lipinski definition) is 1. The van der Waals surface area contributed by atoms with Crippen LogP contribution >= 0.6 is 23.2 Å². The van der Waals surface area contributed by atoms with Crippen molar-refractivity contribution in [1.82, 2.24) is 0 Å². The number of nitrogens with one attached hydrogen (secondary N) is 1. The fourth-order valence-corrected chi connectivity index (χ4v) is 3.22. The number of rotatable bonds is 10. The third-order valence-electron chi connectivity index (χ3n) is 4.14. The van der Waals surface area contributed by atoms with Crippen molar-refractivity contribution in [2.45, 2.75) is 12.8 Å². The molecule has 0 radical (unpaired) electrons. The second kappa shape index (κ2) is 10.8. The van der Waals surface area contributed by atoms with Gasteiger partial charge in [0.2, 0.25) is 0 Å². The first kappa shape index (κ1) is 20.4. The summed E-state index contributed by atoms with van der Waals surface area (Å²) in [7, 11) is 0. The van der Waals surface area contributed by atoms with Gasteiger partial charge in [-0.15, -0.1) is 0 Å². The van der Waals surface area contributed by atoms with Gasteiger partial charge in [-0.3, -0.25) is 0 Å². The van der Waals surface area contributed by atoms with Crippen molar-refractivity contribution in [2.75, 3.05) is 25.1 Å². The van der Waals surface area contributed by atoms with E-state index < -0.39 is 0 Å². The maximum atomic E-state index is 6.10. The van der Waals surface area contributed by atoms with Gasteiger partial charge in [-0.05, 0) is 48.7 Å². The number of hydrogen-bond acceptors (Lipinski definition) is 3. The van der Waals surface area contributed by atoms with Crippen LogP contribution in [0.4, 0.5) is 5.69 Å². The van der Waals surface area contributed by atoms with Gasteiger partial charge in [0, 0.05) is 23.3 Å². The van der Waals surface area contributed by atoms with Crippen LogP contribution < -0.4 is 14.8 Å². The van der Waals surface area contributed by atoms with Gasteiger partial charge in [0.05, 0.1) is 11.6 Å². The van der Waals surface area contributed by atoms with Crippen molar-refractivity contribution < 1.29 is 9.47 Å². The van der Waals surface area contributed by atoms with Crippen LogP contribution in [-0.2, 0) is 6.42 Å². The zero-order valence-electron chi connectivity index (χ0n) is 15.5. The maximum absolute atomic E-state index is 6.10. The number of ether oxygens (including phenoxy) is 2. The quantitative estimate of drug-likeness (QED) is 0.383. The minimum atomic E-state index is 0.490. The van der Waals surface area contributed by atoms with E-state index in [9.17, 15) is 0 Å². The Morgan fingerprint density at radius 3 is 2.46 bits per heavy atom. The molecular formula is C23H23Cl2NO2. The van der Waals surface area contributed by atoms with Crippen LogP contribution in [-0.4, -0.2) is 19.8 Å². The van der Waals surface area contributed by atoms with Crippen LogP contribution in [0.3, 0.4) is 0 Å². The highest BCUT2D eigenvalue weighted by molar-refractivity contribution is 6.35. The molecule has 146 valence electrons. The Morgan fingerprint density at radius 1 is 0.786 bits per heavy atom. The SMILES string of the molecule is Clc1ccc(OCCNc2cccc(OCCCc3ccccc3)c2)c(Cl)c1. The van der Waals surface area contributed by atoms with E-state index in [1.54, 1.807) is 18.2 Å². The van der Waals surface area contributed by atoms with Gasteiger partial charge in [-0.2, -0.15) is 0 Å². The zero-order valence-corrected chi connectivity index (χ0v) is 17.0. The Kier molecular flexibility index (Phi) is 7.89. The molecule has 0 aromatic heterocycles. The summed E-state index contributed by atoms with van der Waals surface area (Å²) < 4.78 is 11.6. The average Bonchev–Trinajstić information content (AvgIpc) is 2.71. The van der Waals surface area contributed by atoms with Gasteiger partial charge in [-0.1, -0.05) is 59.6 Å². The number of aryl methyl sites for hydroxylation is 1. The van der Waals surface area contributed by atoms with Crippen LogP contribution in [0.15, 0.2) is 72.8 Å². The Balaban J connectivity index is 1.38. The number of benzene rings is 3. The minimum Gasteiger partial charge on any atom is -0.494 e. The van der Waals surface area contributed by atoms with Crippen LogP contribution in [0, 0.1) is 0 Å². The van der Waals surface area contributed by atoms with Crippen LogP contribution in [0.2, 0.25) is 10.0 Å². The fourth-order valence-electron chi connectivity index (χ4n) is 2.76. The molecule has 0 saturated heterocycles. The molecule has 0 aliphatic rings. The van der Waals surface area contributed by atoms with Crippen LogP contribution in [0.1, 0.15) is 12.0 Å². The van der Waals surface area contributed by atoms with Crippen molar-refractivity contribution in [3.8, 4) is 11.5 Å². The van der Waals surface area contributed by atoms with E-state index in [2.05, 4.69) is 29.6 Å². The standard InChI is InChI=1S/C23H23Cl2NO2/c24-19-11-12-23(22(25)16-19)28-15-13-26-20-9-4-10-21(17-20)27-14-5-8-18-6-2-1-3-7-18/h1-4,6-7,9-12,16-17,26H,5,8,13-15H2. The molecular weight excluding hydrogens is 393 g/mol. The summed E-state index contributed by atoms with van der Waals surface area (Å²) in [6.07, 6.45) is 2.00. The second-order valence-electron chi connectivity index (χ2n) is 6.32. The zero-order chi connectivity index (χ0) is 19.6.